The number of rotatable bonds is 7. The van der Waals surface area contributed by atoms with E-state index in [2.05, 4.69) is 10.3 Å². The van der Waals surface area contributed by atoms with Crippen molar-refractivity contribution in [2.24, 2.45) is 0 Å². The second-order valence-electron chi connectivity index (χ2n) is 6.45. The van der Waals surface area contributed by atoms with Crippen molar-refractivity contribution < 1.29 is 13.6 Å². The van der Waals surface area contributed by atoms with Crippen molar-refractivity contribution in [3.05, 3.63) is 84.8 Å². The molecule has 4 rings (SSSR count). The van der Waals surface area contributed by atoms with Crippen LogP contribution in [0.15, 0.2) is 93.1 Å². The molecule has 0 fully saturated rings. The molecule has 1 N–H and O–H groups in total. The van der Waals surface area contributed by atoms with Crippen molar-refractivity contribution >= 4 is 17.7 Å². The van der Waals surface area contributed by atoms with Crippen LogP contribution in [0.2, 0.25) is 0 Å². The quantitative estimate of drug-likeness (QED) is 0.418. The highest BCUT2D eigenvalue weighted by atomic mass is 32.2. The number of hydrogen-bond acceptors (Lipinski definition) is 5. The van der Waals surface area contributed by atoms with Crippen LogP contribution < -0.4 is 5.32 Å². The van der Waals surface area contributed by atoms with Gasteiger partial charge in [0.15, 0.2) is 5.76 Å². The van der Waals surface area contributed by atoms with Crippen LogP contribution in [0.4, 0.5) is 0 Å². The number of hydrogen-bond donors (Lipinski definition) is 1. The van der Waals surface area contributed by atoms with Crippen LogP contribution in [-0.2, 0) is 11.3 Å². The van der Waals surface area contributed by atoms with E-state index in [1.54, 1.807) is 12.3 Å². The van der Waals surface area contributed by atoms with Gasteiger partial charge in [-0.15, -0.1) is 0 Å². The summed E-state index contributed by atoms with van der Waals surface area (Å²) in [6, 6.07) is 23.4. The van der Waals surface area contributed by atoms with Gasteiger partial charge in [0, 0.05) is 11.1 Å². The lowest BCUT2D eigenvalue weighted by Crippen LogP contribution is -2.30. The second-order valence-corrected chi connectivity index (χ2v) is 7.74. The summed E-state index contributed by atoms with van der Waals surface area (Å²) in [6.45, 7) is 2.18. The maximum absolute atomic E-state index is 12.4. The molecule has 0 saturated carbocycles. The predicted octanol–water partition coefficient (Wildman–Crippen LogP) is 5.40. The third-order valence-corrected chi connectivity index (χ3v) is 5.30. The predicted molar refractivity (Wildman–Crippen MR) is 113 cm³/mol. The minimum atomic E-state index is -0.365. The summed E-state index contributed by atoms with van der Waals surface area (Å²) in [5, 5.41) is 2.96. The van der Waals surface area contributed by atoms with Gasteiger partial charge in [-0.05, 0) is 19.1 Å². The monoisotopic (exact) mass is 404 g/mol. The molecule has 2 aromatic heterocycles. The van der Waals surface area contributed by atoms with E-state index >= 15 is 0 Å². The molecule has 0 aliphatic carbocycles. The van der Waals surface area contributed by atoms with Crippen LogP contribution in [0, 0.1) is 0 Å². The van der Waals surface area contributed by atoms with Crippen LogP contribution in [0.3, 0.4) is 0 Å². The summed E-state index contributed by atoms with van der Waals surface area (Å²) < 4.78 is 11.3. The molecule has 5 nitrogen and oxygen atoms in total. The summed E-state index contributed by atoms with van der Waals surface area (Å²) in [6.07, 6.45) is 1.59. The number of carbonyl (C=O) groups excluding carboxylic acids is 1. The van der Waals surface area contributed by atoms with Gasteiger partial charge in [-0.25, -0.2) is 4.98 Å². The van der Waals surface area contributed by atoms with Gasteiger partial charge >= 0.3 is 0 Å². The fourth-order valence-electron chi connectivity index (χ4n) is 2.86. The highest BCUT2D eigenvalue weighted by Gasteiger charge is 2.21. The van der Waals surface area contributed by atoms with E-state index in [0.29, 0.717) is 23.3 Å². The van der Waals surface area contributed by atoms with Crippen molar-refractivity contribution in [3.8, 4) is 22.6 Å². The molecule has 0 radical (unpaired) electrons. The Morgan fingerprint density at radius 3 is 2.34 bits per heavy atom. The van der Waals surface area contributed by atoms with Crippen LogP contribution in [0.5, 0.6) is 0 Å². The third-order valence-electron chi connectivity index (χ3n) is 4.35. The molecule has 0 aliphatic rings. The lowest BCUT2D eigenvalue weighted by Gasteiger charge is -2.08. The first-order valence-electron chi connectivity index (χ1n) is 9.29. The van der Waals surface area contributed by atoms with E-state index in [0.717, 1.165) is 16.8 Å². The molecule has 6 heteroatoms. The molecule has 2 heterocycles. The molecule has 0 saturated heterocycles. The Kier molecular flexibility index (Phi) is 5.81. The molecule has 146 valence electrons. The van der Waals surface area contributed by atoms with E-state index in [1.807, 2.05) is 73.7 Å². The van der Waals surface area contributed by atoms with E-state index in [4.69, 9.17) is 8.83 Å². The third kappa shape index (κ3) is 4.60. The molecule has 29 heavy (non-hydrogen) atoms. The van der Waals surface area contributed by atoms with Gasteiger partial charge in [-0.3, -0.25) is 4.79 Å². The highest BCUT2D eigenvalue weighted by molar-refractivity contribution is 8.00. The average Bonchev–Trinajstić information content (AvgIpc) is 3.43. The number of benzene rings is 2. The van der Waals surface area contributed by atoms with Gasteiger partial charge in [0.1, 0.15) is 11.5 Å². The van der Waals surface area contributed by atoms with Crippen molar-refractivity contribution in [2.45, 2.75) is 23.9 Å². The Morgan fingerprint density at radius 2 is 1.69 bits per heavy atom. The number of carbonyl (C=O) groups is 1. The molecular formula is C23H20N2O3S. The molecule has 4 aromatic rings. The van der Waals surface area contributed by atoms with E-state index in [-0.39, 0.29) is 11.2 Å². The van der Waals surface area contributed by atoms with Crippen molar-refractivity contribution in [1.82, 2.24) is 10.3 Å². The highest BCUT2D eigenvalue weighted by Crippen LogP contribution is 2.36. The first kappa shape index (κ1) is 19.1. The van der Waals surface area contributed by atoms with Crippen LogP contribution in [-0.4, -0.2) is 16.1 Å². The molecule has 0 spiro atoms. The van der Waals surface area contributed by atoms with Crippen LogP contribution in [0.1, 0.15) is 12.7 Å². The Hall–Kier alpha value is -3.25. The summed E-state index contributed by atoms with van der Waals surface area (Å²) in [7, 11) is 0. The first-order chi connectivity index (χ1) is 14.2. The number of furan rings is 1. The van der Waals surface area contributed by atoms with E-state index < -0.39 is 0 Å². The number of nitrogens with zero attached hydrogens (tertiary/aromatic N) is 1. The van der Waals surface area contributed by atoms with Gasteiger partial charge in [-0.2, -0.15) is 0 Å². The maximum Gasteiger partial charge on any atom is 0.257 e. The number of thioether (sulfide) groups is 1. The maximum atomic E-state index is 12.4. The smallest absolute Gasteiger partial charge is 0.257 e. The lowest BCUT2D eigenvalue weighted by atomic mass is 10.1. The number of aromatic nitrogens is 1. The van der Waals surface area contributed by atoms with Gasteiger partial charge < -0.3 is 14.2 Å². The largest absolute Gasteiger partial charge is 0.467 e. The molecular weight excluding hydrogens is 384 g/mol. The average molecular weight is 404 g/mol. The van der Waals surface area contributed by atoms with Crippen molar-refractivity contribution in [2.75, 3.05) is 0 Å². The van der Waals surface area contributed by atoms with Gasteiger partial charge in [0.25, 0.3) is 5.22 Å². The minimum absolute atomic E-state index is 0.105. The van der Waals surface area contributed by atoms with Crippen molar-refractivity contribution in [3.63, 3.8) is 0 Å². The SMILES string of the molecule is C[C@H](Sc1nc(-c2ccccc2)c(-c2ccccc2)o1)C(=O)NCc1ccco1. The van der Waals surface area contributed by atoms with Gasteiger partial charge in [-0.1, -0.05) is 72.4 Å². The van der Waals surface area contributed by atoms with E-state index in [9.17, 15) is 4.79 Å². The van der Waals surface area contributed by atoms with Crippen LogP contribution in [0.25, 0.3) is 22.6 Å². The molecule has 0 aliphatic heterocycles. The summed E-state index contributed by atoms with van der Waals surface area (Å²) in [5.74, 6) is 1.30. The van der Waals surface area contributed by atoms with Gasteiger partial charge in [0.05, 0.1) is 18.1 Å². The Morgan fingerprint density at radius 1 is 1.00 bits per heavy atom. The van der Waals surface area contributed by atoms with Gasteiger partial charge in [0.2, 0.25) is 5.91 Å². The summed E-state index contributed by atoms with van der Waals surface area (Å²) in [4.78, 5) is 17.1. The molecule has 1 atom stereocenters. The Balaban J connectivity index is 1.54. The zero-order valence-electron chi connectivity index (χ0n) is 15.9. The zero-order chi connectivity index (χ0) is 20.1. The number of oxazole rings is 1. The first-order valence-corrected chi connectivity index (χ1v) is 10.2. The molecule has 0 unspecified atom stereocenters. The minimum Gasteiger partial charge on any atom is -0.467 e. The molecule has 2 aromatic carbocycles. The number of amides is 1. The normalized spacial score (nSPS) is 11.9. The standard InChI is InChI=1S/C23H20N2O3S/c1-16(22(26)24-15-19-13-8-14-27-19)29-23-25-20(17-9-4-2-5-10-17)21(28-23)18-11-6-3-7-12-18/h2-14,16H,15H2,1H3,(H,24,26)/t16-/m0/s1. The second kappa shape index (κ2) is 8.84. The summed E-state index contributed by atoms with van der Waals surface area (Å²) in [5.41, 5.74) is 2.68. The Labute approximate surface area is 173 Å². The lowest BCUT2D eigenvalue weighted by molar-refractivity contribution is -0.120. The fraction of sp³-hybridized carbons (Fsp3) is 0.130. The summed E-state index contributed by atoms with van der Waals surface area (Å²) >= 11 is 1.29. The number of nitrogens with one attached hydrogen (secondary N) is 1. The van der Waals surface area contributed by atoms with E-state index in [1.165, 1.54) is 11.8 Å². The molecule has 0 bridgehead atoms. The zero-order valence-corrected chi connectivity index (χ0v) is 16.7. The molecule has 1 amide bonds. The van der Waals surface area contributed by atoms with Crippen molar-refractivity contribution in [1.29, 1.82) is 0 Å². The topological polar surface area (TPSA) is 68.3 Å². The van der Waals surface area contributed by atoms with Crippen LogP contribution >= 0.6 is 11.8 Å². The fourth-order valence-corrected chi connectivity index (χ4v) is 3.63. The Bertz CT molecular complexity index is 1000.